The number of methoxy groups -OCH3 is 3. The Bertz CT molecular complexity index is 807. The van der Waals surface area contributed by atoms with Crippen molar-refractivity contribution in [3.05, 3.63) is 41.9 Å². The molecule has 0 aliphatic heterocycles. The van der Waals surface area contributed by atoms with Gasteiger partial charge in [0.15, 0.2) is 23.9 Å². The van der Waals surface area contributed by atoms with Gasteiger partial charge in [0.25, 0.3) is 5.91 Å². The van der Waals surface area contributed by atoms with Gasteiger partial charge in [-0.25, -0.2) is 0 Å². The number of esters is 1. The van der Waals surface area contributed by atoms with Crippen LogP contribution in [0.2, 0.25) is 0 Å². The first-order valence-electron chi connectivity index (χ1n) is 8.05. The predicted molar refractivity (Wildman–Crippen MR) is 95.1 cm³/mol. The second-order valence-corrected chi connectivity index (χ2v) is 5.35. The van der Waals surface area contributed by atoms with Crippen molar-refractivity contribution in [1.82, 2.24) is 10.9 Å². The largest absolute Gasteiger partial charge is 0.493 e. The van der Waals surface area contributed by atoms with Crippen LogP contribution >= 0.6 is 0 Å². The molecule has 0 unspecified atom stereocenters. The van der Waals surface area contributed by atoms with E-state index in [2.05, 4.69) is 10.9 Å². The molecule has 0 saturated heterocycles. The zero-order valence-electron chi connectivity index (χ0n) is 15.6. The summed E-state index contributed by atoms with van der Waals surface area (Å²) in [6, 6.07) is 6.17. The van der Waals surface area contributed by atoms with E-state index in [1.54, 1.807) is 12.1 Å². The number of hydrogen-bond donors (Lipinski definition) is 2. The standard InChI is InChI=1S/C18H20N2O8/c1-24-13-7-11(8-14(25-2)17(13)26-3)9-16(22)28-10-15(21)19-20-18(23)12-5-4-6-27-12/h4-8H,9-10H2,1-3H3,(H,19,21)(H,20,23). The highest BCUT2D eigenvalue weighted by Gasteiger charge is 2.16. The van der Waals surface area contributed by atoms with Crippen LogP contribution in [-0.4, -0.2) is 45.7 Å². The second-order valence-electron chi connectivity index (χ2n) is 5.35. The molecular weight excluding hydrogens is 372 g/mol. The molecule has 2 aromatic rings. The van der Waals surface area contributed by atoms with Crippen LogP contribution in [0.1, 0.15) is 16.1 Å². The van der Waals surface area contributed by atoms with Crippen LogP contribution in [0.4, 0.5) is 0 Å². The third kappa shape index (κ3) is 5.40. The molecule has 0 fully saturated rings. The Labute approximate surface area is 160 Å². The number of nitrogens with one attached hydrogen (secondary N) is 2. The molecule has 2 rings (SSSR count). The molecule has 2 amide bonds. The summed E-state index contributed by atoms with van der Waals surface area (Å²) in [6.07, 6.45) is 1.20. The normalized spacial score (nSPS) is 9.96. The van der Waals surface area contributed by atoms with Gasteiger partial charge in [-0.1, -0.05) is 0 Å². The van der Waals surface area contributed by atoms with Gasteiger partial charge in [-0.15, -0.1) is 0 Å². The molecule has 1 aromatic carbocycles. The van der Waals surface area contributed by atoms with E-state index in [1.807, 2.05) is 0 Å². The SMILES string of the molecule is COc1cc(CC(=O)OCC(=O)NNC(=O)c2ccco2)cc(OC)c1OC. The Balaban J connectivity index is 1.85. The van der Waals surface area contributed by atoms with Crippen LogP contribution in [0.25, 0.3) is 0 Å². The summed E-state index contributed by atoms with van der Waals surface area (Å²) >= 11 is 0. The van der Waals surface area contributed by atoms with Crippen molar-refractivity contribution in [2.45, 2.75) is 6.42 Å². The first kappa shape index (κ1) is 20.6. The van der Waals surface area contributed by atoms with E-state index in [-0.39, 0.29) is 12.2 Å². The summed E-state index contributed by atoms with van der Waals surface area (Å²) < 4.78 is 25.4. The second kappa shape index (κ2) is 9.86. The fraction of sp³-hybridized carbons (Fsp3) is 0.278. The van der Waals surface area contributed by atoms with Crippen LogP contribution in [0, 0.1) is 0 Å². The third-order valence-corrected chi connectivity index (χ3v) is 3.50. The molecule has 10 heteroatoms. The van der Waals surface area contributed by atoms with Gasteiger partial charge in [0, 0.05) is 0 Å². The third-order valence-electron chi connectivity index (χ3n) is 3.50. The Hall–Kier alpha value is -3.69. The Morgan fingerprint density at radius 3 is 2.21 bits per heavy atom. The maximum atomic E-state index is 12.0. The highest BCUT2D eigenvalue weighted by molar-refractivity contribution is 5.93. The number of rotatable bonds is 8. The number of benzene rings is 1. The predicted octanol–water partition coefficient (Wildman–Crippen LogP) is 0.852. The summed E-state index contributed by atoms with van der Waals surface area (Å²) in [5.74, 6) is -0.790. The van der Waals surface area contributed by atoms with Crippen molar-refractivity contribution in [2.75, 3.05) is 27.9 Å². The maximum absolute atomic E-state index is 12.0. The van der Waals surface area contributed by atoms with Crippen molar-refractivity contribution in [2.24, 2.45) is 0 Å². The number of furan rings is 1. The van der Waals surface area contributed by atoms with Crippen LogP contribution < -0.4 is 25.1 Å². The molecule has 0 bridgehead atoms. The average Bonchev–Trinajstić information content (AvgIpc) is 3.24. The van der Waals surface area contributed by atoms with Crippen molar-refractivity contribution in [1.29, 1.82) is 0 Å². The zero-order chi connectivity index (χ0) is 20.5. The van der Waals surface area contributed by atoms with E-state index in [0.717, 1.165) is 0 Å². The van der Waals surface area contributed by atoms with Crippen LogP contribution in [0.5, 0.6) is 17.2 Å². The van der Waals surface area contributed by atoms with Gasteiger partial charge in [0.05, 0.1) is 34.0 Å². The summed E-state index contributed by atoms with van der Waals surface area (Å²) in [7, 11) is 4.39. The van der Waals surface area contributed by atoms with E-state index in [9.17, 15) is 14.4 Å². The molecule has 2 N–H and O–H groups in total. The lowest BCUT2D eigenvalue weighted by atomic mass is 10.1. The maximum Gasteiger partial charge on any atom is 0.310 e. The first-order valence-corrected chi connectivity index (χ1v) is 8.05. The number of hydrazine groups is 1. The fourth-order valence-corrected chi connectivity index (χ4v) is 2.23. The minimum atomic E-state index is -0.710. The lowest BCUT2D eigenvalue weighted by molar-refractivity contribution is -0.148. The van der Waals surface area contributed by atoms with Crippen molar-refractivity contribution in [3.8, 4) is 17.2 Å². The minimum absolute atomic E-state index is 0.0275. The zero-order valence-corrected chi connectivity index (χ0v) is 15.6. The lowest BCUT2D eigenvalue weighted by Gasteiger charge is -2.14. The molecule has 10 nitrogen and oxygen atoms in total. The van der Waals surface area contributed by atoms with E-state index in [0.29, 0.717) is 22.8 Å². The molecule has 1 aromatic heterocycles. The number of ether oxygens (including phenoxy) is 4. The topological polar surface area (TPSA) is 125 Å². The van der Waals surface area contributed by atoms with Gasteiger partial charge in [-0.3, -0.25) is 25.2 Å². The Kier molecular flexibility index (Phi) is 7.26. The Morgan fingerprint density at radius 1 is 1.00 bits per heavy atom. The lowest BCUT2D eigenvalue weighted by Crippen LogP contribution is -2.43. The van der Waals surface area contributed by atoms with Gasteiger partial charge in [0.1, 0.15) is 0 Å². The molecule has 0 spiro atoms. The Morgan fingerprint density at radius 2 is 1.68 bits per heavy atom. The van der Waals surface area contributed by atoms with Gasteiger partial charge in [0.2, 0.25) is 5.75 Å². The molecule has 28 heavy (non-hydrogen) atoms. The van der Waals surface area contributed by atoms with Gasteiger partial charge in [-0.05, 0) is 29.8 Å². The molecule has 1 heterocycles. The van der Waals surface area contributed by atoms with Gasteiger partial charge < -0.3 is 23.4 Å². The highest BCUT2D eigenvalue weighted by Crippen LogP contribution is 2.38. The molecular formula is C18H20N2O8. The summed E-state index contributed by atoms with van der Waals surface area (Å²) in [5.41, 5.74) is 4.79. The molecule has 150 valence electrons. The van der Waals surface area contributed by atoms with Crippen molar-refractivity contribution >= 4 is 17.8 Å². The first-order chi connectivity index (χ1) is 13.5. The summed E-state index contributed by atoms with van der Waals surface area (Å²) in [6.45, 7) is -0.568. The molecule has 0 aliphatic carbocycles. The number of amides is 2. The summed E-state index contributed by atoms with van der Waals surface area (Å²) in [5, 5.41) is 0. The molecule has 0 atom stereocenters. The van der Waals surface area contributed by atoms with E-state index in [1.165, 1.54) is 39.7 Å². The number of carbonyl (C=O) groups excluding carboxylic acids is 3. The van der Waals surface area contributed by atoms with Crippen LogP contribution in [0.3, 0.4) is 0 Å². The van der Waals surface area contributed by atoms with Crippen LogP contribution in [-0.2, 0) is 20.7 Å². The van der Waals surface area contributed by atoms with Crippen LogP contribution in [0.15, 0.2) is 34.9 Å². The number of carbonyl (C=O) groups is 3. The van der Waals surface area contributed by atoms with E-state index >= 15 is 0 Å². The van der Waals surface area contributed by atoms with Crippen molar-refractivity contribution < 1.29 is 37.7 Å². The van der Waals surface area contributed by atoms with Gasteiger partial charge in [-0.2, -0.15) is 0 Å². The monoisotopic (exact) mass is 392 g/mol. The van der Waals surface area contributed by atoms with Crippen molar-refractivity contribution in [3.63, 3.8) is 0 Å². The fourth-order valence-electron chi connectivity index (χ4n) is 2.23. The van der Waals surface area contributed by atoms with E-state index in [4.69, 9.17) is 23.4 Å². The average molecular weight is 392 g/mol. The highest BCUT2D eigenvalue weighted by atomic mass is 16.5. The quantitative estimate of drug-likeness (QED) is 0.500. The number of hydrogen-bond acceptors (Lipinski definition) is 8. The smallest absolute Gasteiger partial charge is 0.310 e. The molecule has 0 aliphatic rings. The van der Waals surface area contributed by atoms with E-state index < -0.39 is 24.4 Å². The summed E-state index contributed by atoms with van der Waals surface area (Å²) in [4.78, 5) is 35.2. The van der Waals surface area contributed by atoms with Gasteiger partial charge >= 0.3 is 11.9 Å². The molecule has 0 saturated carbocycles. The molecule has 0 radical (unpaired) electrons. The minimum Gasteiger partial charge on any atom is -0.493 e.